The van der Waals surface area contributed by atoms with Crippen molar-refractivity contribution in [1.82, 2.24) is 14.9 Å². The van der Waals surface area contributed by atoms with Crippen LogP contribution >= 0.6 is 0 Å². The summed E-state index contributed by atoms with van der Waals surface area (Å²) in [4.78, 5) is 24.4. The smallest absolute Gasteiger partial charge is 0.227 e. The first-order valence-corrected chi connectivity index (χ1v) is 8.87. The first-order chi connectivity index (χ1) is 12.6. The van der Waals surface area contributed by atoms with Crippen LogP contribution in [0, 0.1) is 11.6 Å². The standard InChI is InChI=1S/C19H20F2N4O/c1-2-16-18(21)19(23-11-22-16)24-9-13-8-14(10-24)25(13)17(26)7-12-5-3-4-6-15(12)20/h3-6,11,13-14H,2,7-10H2,1H3. The second kappa shape index (κ2) is 6.63. The largest absolute Gasteiger partial charge is 0.350 e. The van der Waals surface area contributed by atoms with E-state index in [9.17, 15) is 13.6 Å². The molecule has 3 aliphatic heterocycles. The number of rotatable bonds is 4. The Morgan fingerprint density at radius 2 is 1.92 bits per heavy atom. The van der Waals surface area contributed by atoms with Crippen molar-refractivity contribution in [3.63, 3.8) is 0 Å². The van der Waals surface area contributed by atoms with Crippen molar-refractivity contribution in [2.24, 2.45) is 0 Å². The van der Waals surface area contributed by atoms with Crippen LogP contribution in [0.4, 0.5) is 14.6 Å². The summed E-state index contributed by atoms with van der Waals surface area (Å²) >= 11 is 0. The summed E-state index contributed by atoms with van der Waals surface area (Å²) in [6, 6.07) is 6.38. The highest BCUT2D eigenvalue weighted by Gasteiger charge is 2.47. The molecule has 5 rings (SSSR count). The summed E-state index contributed by atoms with van der Waals surface area (Å²) in [5, 5.41) is 0. The van der Waals surface area contributed by atoms with Crippen molar-refractivity contribution < 1.29 is 13.6 Å². The Labute approximate surface area is 150 Å². The summed E-state index contributed by atoms with van der Waals surface area (Å²) in [6.07, 6.45) is 2.85. The van der Waals surface area contributed by atoms with Crippen LogP contribution in [0.5, 0.6) is 0 Å². The van der Waals surface area contributed by atoms with Crippen molar-refractivity contribution in [2.75, 3.05) is 18.0 Å². The van der Waals surface area contributed by atoms with Gasteiger partial charge in [-0.1, -0.05) is 25.1 Å². The molecule has 1 amide bonds. The van der Waals surface area contributed by atoms with E-state index in [0.717, 1.165) is 6.42 Å². The van der Waals surface area contributed by atoms with E-state index in [2.05, 4.69) is 9.97 Å². The molecule has 0 N–H and O–H groups in total. The average Bonchev–Trinajstić information content (AvgIpc) is 2.63. The maximum absolute atomic E-state index is 14.5. The van der Waals surface area contributed by atoms with Gasteiger partial charge in [0.2, 0.25) is 5.91 Å². The minimum atomic E-state index is -0.375. The maximum atomic E-state index is 14.5. The van der Waals surface area contributed by atoms with Crippen LogP contribution in [0.2, 0.25) is 0 Å². The number of fused-ring (bicyclic) bond motifs is 2. The molecule has 5 nitrogen and oxygen atoms in total. The van der Waals surface area contributed by atoms with Gasteiger partial charge in [-0.15, -0.1) is 0 Å². The fraction of sp³-hybridized carbons (Fsp3) is 0.421. The third-order valence-electron chi connectivity index (χ3n) is 5.26. The van der Waals surface area contributed by atoms with Crippen LogP contribution in [0.1, 0.15) is 24.6 Å². The zero-order chi connectivity index (χ0) is 18.3. The Hall–Kier alpha value is -2.57. The number of hydrogen-bond acceptors (Lipinski definition) is 4. The van der Waals surface area contributed by atoms with E-state index in [1.807, 2.05) is 16.7 Å². The monoisotopic (exact) mass is 358 g/mol. The van der Waals surface area contributed by atoms with Crippen molar-refractivity contribution >= 4 is 11.7 Å². The van der Waals surface area contributed by atoms with Gasteiger partial charge in [-0.3, -0.25) is 4.79 Å². The lowest BCUT2D eigenvalue weighted by atomic mass is 9.86. The van der Waals surface area contributed by atoms with Gasteiger partial charge in [-0.25, -0.2) is 18.7 Å². The lowest BCUT2D eigenvalue weighted by Gasteiger charge is -2.56. The highest BCUT2D eigenvalue weighted by Crippen LogP contribution is 2.35. The van der Waals surface area contributed by atoms with Gasteiger partial charge >= 0.3 is 0 Å². The van der Waals surface area contributed by atoms with Gasteiger partial charge in [0.05, 0.1) is 24.2 Å². The lowest BCUT2D eigenvalue weighted by Crippen LogP contribution is -2.70. The highest BCUT2D eigenvalue weighted by molar-refractivity contribution is 5.81. The van der Waals surface area contributed by atoms with Gasteiger partial charge in [0, 0.05) is 13.1 Å². The van der Waals surface area contributed by atoms with Crippen molar-refractivity contribution in [3.05, 3.63) is 53.5 Å². The highest BCUT2D eigenvalue weighted by atomic mass is 19.1. The number of anilines is 1. The minimum absolute atomic E-state index is 0.0208. The maximum Gasteiger partial charge on any atom is 0.227 e. The fourth-order valence-corrected chi connectivity index (χ4v) is 3.95. The number of piperazine rings is 1. The van der Waals surface area contributed by atoms with Crippen LogP contribution in [0.25, 0.3) is 0 Å². The van der Waals surface area contributed by atoms with E-state index < -0.39 is 0 Å². The fourth-order valence-electron chi connectivity index (χ4n) is 3.95. The van der Waals surface area contributed by atoms with Crippen molar-refractivity contribution in [3.8, 4) is 0 Å². The molecule has 0 saturated carbocycles. The topological polar surface area (TPSA) is 49.3 Å². The van der Waals surface area contributed by atoms with Gasteiger partial charge in [0.15, 0.2) is 11.6 Å². The number of carbonyl (C=O) groups excluding carboxylic acids is 1. The number of piperidine rings is 1. The molecule has 4 heterocycles. The zero-order valence-electron chi connectivity index (χ0n) is 14.5. The Bertz CT molecular complexity index is 832. The average molecular weight is 358 g/mol. The molecule has 2 aromatic rings. The Morgan fingerprint density at radius 1 is 1.19 bits per heavy atom. The van der Waals surface area contributed by atoms with Gasteiger partial charge in [-0.05, 0) is 24.5 Å². The molecule has 3 saturated heterocycles. The molecule has 136 valence electrons. The summed E-state index contributed by atoms with van der Waals surface area (Å²) in [5.41, 5.74) is 0.815. The summed E-state index contributed by atoms with van der Waals surface area (Å²) in [7, 11) is 0. The van der Waals surface area contributed by atoms with E-state index in [-0.39, 0.29) is 36.0 Å². The van der Waals surface area contributed by atoms with Crippen LogP contribution < -0.4 is 4.90 Å². The molecule has 2 unspecified atom stereocenters. The molecule has 1 aromatic carbocycles. The molecule has 1 aromatic heterocycles. The summed E-state index contributed by atoms with van der Waals surface area (Å²) in [5.74, 6) is -0.495. The summed E-state index contributed by atoms with van der Waals surface area (Å²) < 4.78 is 28.3. The predicted molar refractivity (Wildman–Crippen MR) is 92.7 cm³/mol. The Morgan fingerprint density at radius 3 is 2.62 bits per heavy atom. The number of carbonyl (C=O) groups is 1. The van der Waals surface area contributed by atoms with E-state index in [1.165, 1.54) is 12.4 Å². The number of aromatic nitrogens is 2. The number of amides is 1. The molecule has 3 fully saturated rings. The number of halogens is 2. The molecule has 2 atom stereocenters. The SMILES string of the molecule is CCc1ncnc(N2CC3CC(C2)N3C(=O)Cc2ccccc2F)c1F. The predicted octanol–water partition coefficient (Wildman–Crippen LogP) is 2.35. The molecule has 0 aliphatic carbocycles. The zero-order valence-corrected chi connectivity index (χ0v) is 14.5. The molecular formula is C19H20F2N4O. The lowest BCUT2D eigenvalue weighted by molar-refractivity contribution is -0.145. The van der Waals surface area contributed by atoms with E-state index in [0.29, 0.717) is 36.6 Å². The van der Waals surface area contributed by atoms with Crippen LogP contribution in [0.15, 0.2) is 30.6 Å². The molecule has 0 radical (unpaired) electrons. The van der Waals surface area contributed by atoms with Crippen molar-refractivity contribution in [1.29, 1.82) is 0 Å². The molecule has 7 heteroatoms. The van der Waals surface area contributed by atoms with E-state index in [1.54, 1.807) is 18.2 Å². The number of aryl methyl sites for hydroxylation is 1. The molecule has 0 spiro atoms. The Kier molecular flexibility index (Phi) is 4.30. The molecule has 2 bridgehead atoms. The van der Waals surface area contributed by atoms with Gasteiger partial charge in [0.25, 0.3) is 0 Å². The van der Waals surface area contributed by atoms with Crippen LogP contribution in [-0.4, -0.2) is 45.9 Å². The minimum Gasteiger partial charge on any atom is -0.350 e. The normalized spacial score (nSPS) is 21.5. The second-order valence-corrected chi connectivity index (χ2v) is 6.83. The molecule has 26 heavy (non-hydrogen) atoms. The van der Waals surface area contributed by atoms with Gasteiger partial charge in [0.1, 0.15) is 12.1 Å². The first-order valence-electron chi connectivity index (χ1n) is 8.87. The quantitative estimate of drug-likeness (QED) is 0.842. The first kappa shape index (κ1) is 16.9. The molecule has 3 aliphatic rings. The summed E-state index contributed by atoms with van der Waals surface area (Å²) in [6.45, 7) is 2.93. The Balaban J connectivity index is 1.46. The van der Waals surface area contributed by atoms with E-state index >= 15 is 0 Å². The molecular weight excluding hydrogens is 338 g/mol. The van der Waals surface area contributed by atoms with Crippen LogP contribution in [0.3, 0.4) is 0 Å². The number of benzene rings is 1. The van der Waals surface area contributed by atoms with E-state index in [4.69, 9.17) is 0 Å². The van der Waals surface area contributed by atoms with Gasteiger partial charge < -0.3 is 9.80 Å². The van der Waals surface area contributed by atoms with Crippen molar-refractivity contribution in [2.45, 2.75) is 38.3 Å². The van der Waals surface area contributed by atoms with Crippen LogP contribution in [-0.2, 0) is 17.6 Å². The number of nitrogens with zero attached hydrogens (tertiary/aromatic N) is 4. The third-order valence-corrected chi connectivity index (χ3v) is 5.26. The third kappa shape index (κ3) is 2.81. The van der Waals surface area contributed by atoms with Gasteiger partial charge in [-0.2, -0.15) is 0 Å². The second-order valence-electron chi connectivity index (χ2n) is 6.83. The number of hydrogen-bond donors (Lipinski definition) is 0.